The number of unbranched alkanes of at least 4 members (excludes halogenated alkanes) is 6. The monoisotopic (exact) mass is 338 g/mol. The standard InChI is InChI=1S/C21H35ClO/c1-2-3-4-5-6-7-8-9-11-14-17-20-23-21-18-15-12-10-13-16-19-22/h8-10,14-15,17H,2-7,11,13,16,18-21H2,1H3/b9-8-,17-14-. The van der Waals surface area contributed by atoms with Crippen molar-refractivity contribution in [3.8, 4) is 0 Å². The molecular formula is C21H35ClO. The van der Waals surface area contributed by atoms with E-state index in [1.165, 1.54) is 38.5 Å². The highest BCUT2D eigenvalue weighted by molar-refractivity contribution is 6.17. The van der Waals surface area contributed by atoms with E-state index < -0.39 is 0 Å². The van der Waals surface area contributed by atoms with E-state index in [2.05, 4.69) is 37.0 Å². The predicted octanol–water partition coefficient (Wildman–Crippen LogP) is 6.99. The lowest BCUT2D eigenvalue weighted by Crippen LogP contribution is -1.91. The van der Waals surface area contributed by atoms with Crippen LogP contribution in [0.25, 0.3) is 0 Å². The number of halogens is 1. The van der Waals surface area contributed by atoms with Gasteiger partial charge in [-0.2, -0.15) is 0 Å². The number of hydrogen-bond acceptors (Lipinski definition) is 1. The van der Waals surface area contributed by atoms with Gasteiger partial charge in [-0.3, -0.25) is 0 Å². The summed E-state index contributed by atoms with van der Waals surface area (Å²) in [7, 11) is 0. The van der Waals surface area contributed by atoms with E-state index in [4.69, 9.17) is 16.3 Å². The molecule has 0 aromatic carbocycles. The first-order valence-electron chi connectivity index (χ1n) is 9.25. The molecule has 0 saturated heterocycles. The molecule has 0 aliphatic carbocycles. The molecule has 0 rings (SSSR count). The first-order chi connectivity index (χ1) is 11.4. The lowest BCUT2D eigenvalue weighted by molar-refractivity contribution is 0.167. The van der Waals surface area contributed by atoms with Crippen molar-refractivity contribution in [2.24, 2.45) is 0 Å². The summed E-state index contributed by atoms with van der Waals surface area (Å²) in [6.07, 6.45) is 24.9. The van der Waals surface area contributed by atoms with Gasteiger partial charge in [0.25, 0.3) is 0 Å². The molecular weight excluding hydrogens is 304 g/mol. The van der Waals surface area contributed by atoms with E-state index in [1.807, 2.05) is 12.2 Å². The fraction of sp³-hybridized carbons (Fsp3) is 0.667. The van der Waals surface area contributed by atoms with Crippen LogP contribution < -0.4 is 0 Å². The summed E-state index contributed by atoms with van der Waals surface area (Å²) in [5.74, 6) is 0.724. The van der Waals surface area contributed by atoms with Crippen LogP contribution in [0.5, 0.6) is 0 Å². The molecule has 0 bridgehead atoms. The van der Waals surface area contributed by atoms with Crippen LogP contribution in [0.1, 0.15) is 71.1 Å². The van der Waals surface area contributed by atoms with E-state index in [9.17, 15) is 0 Å². The van der Waals surface area contributed by atoms with Crippen molar-refractivity contribution in [2.75, 3.05) is 19.1 Å². The van der Waals surface area contributed by atoms with Crippen molar-refractivity contribution in [2.45, 2.75) is 71.1 Å². The van der Waals surface area contributed by atoms with Gasteiger partial charge in [0.2, 0.25) is 0 Å². The van der Waals surface area contributed by atoms with Gasteiger partial charge in [0.05, 0.1) is 13.2 Å². The van der Waals surface area contributed by atoms with E-state index >= 15 is 0 Å². The highest BCUT2D eigenvalue weighted by Crippen LogP contribution is 2.05. The van der Waals surface area contributed by atoms with Crippen LogP contribution in [0.2, 0.25) is 0 Å². The number of alkyl halides is 1. The highest BCUT2D eigenvalue weighted by Gasteiger charge is 1.86. The van der Waals surface area contributed by atoms with Crippen molar-refractivity contribution >= 4 is 11.6 Å². The quantitative estimate of drug-likeness (QED) is 0.127. The Balaban J connectivity index is 3.29. The molecule has 0 atom stereocenters. The Labute approximate surface area is 149 Å². The summed E-state index contributed by atoms with van der Waals surface area (Å²) in [6.45, 7) is 3.72. The summed E-state index contributed by atoms with van der Waals surface area (Å²) in [5, 5.41) is 0. The highest BCUT2D eigenvalue weighted by atomic mass is 35.5. The minimum atomic E-state index is 0.703. The molecule has 0 spiro atoms. The summed E-state index contributed by atoms with van der Waals surface area (Å²) < 4.78 is 5.53. The summed E-state index contributed by atoms with van der Waals surface area (Å²) >= 11 is 5.59. The number of rotatable bonds is 16. The van der Waals surface area contributed by atoms with E-state index in [0.717, 1.165) is 38.2 Å². The number of allylic oxidation sites excluding steroid dienone is 3. The third-order valence-electron chi connectivity index (χ3n) is 3.42. The molecule has 0 amide bonds. The van der Waals surface area contributed by atoms with Crippen molar-refractivity contribution in [3.63, 3.8) is 0 Å². The Morgan fingerprint density at radius 2 is 1.61 bits per heavy atom. The zero-order chi connectivity index (χ0) is 16.8. The second-order valence-electron chi connectivity index (χ2n) is 5.65. The van der Waals surface area contributed by atoms with Crippen molar-refractivity contribution < 1.29 is 4.74 Å². The van der Waals surface area contributed by atoms with Crippen LogP contribution in [0.3, 0.4) is 0 Å². The molecule has 0 saturated carbocycles. The van der Waals surface area contributed by atoms with Gasteiger partial charge in [0.15, 0.2) is 0 Å². The molecule has 0 aliphatic rings. The Bertz CT molecular complexity index is 338. The van der Waals surface area contributed by atoms with Crippen LogP contribution in [0, 0.1) is 0 Å². The maximum Gasteiger partial charge on any atom is 0.0647 e. The summed E-state index contributed by atoms with van der Waals surface area (Å²) in [5.41, 5.74) is 3.15. The summed E-state index contributed by atoms with van der Waals surface area (Å²) in [4.78, 5) is 0. The third-order valence-corrected chi connectivity index (χ3v) is 3.69. The maximum absolute atomic E-state index is 5.59. The van der Waals surface area contributed by atoms with Gasteiger partial charge >= 0.3 is 0 Å². The van der Waals surface area contributed by atoms with Crippen molar-refractivity contribution in [1.29, 1.82) is 0 Å². The smallest absolute Gasteiger partial charge is 0.0647 e. The fourth-order valence-corrected chi connectivity index (χ4v) is 2.20. The average molecular weight is 339 g/mol. The molecule has 0 fully saturated rings. The molecule has 1 nitrogen and oxygen atoms in total. The Kier molecular flexibility index (Phi) is 20.6. The molecule has 0 heterocycles. The van der Waals surface area contributed by atoms with E-state index in [1.54, 1.807) is 0 Å². The normalized spacial score (nSPS) is 11.2. The first kappa shape index (κ1) is 22.2. The Morgan fingerprint density at radius 3 is 2.43 bits per heavy atom. The van der Waals surface area contributed by atoms with Gasteiger partial charge in [-0.15, -0.1) is 17.3 Å². The van der Waals surface area contributed by atoms with Crippen molar-refractivity contribution in [1.82, 2.24) is 0 Å². The number of ether oxygens (including phenoxy) is 1. The van der Waals surface area contributed by atoms with Gasteiger partial charge in [-0.25, -0.2) is 0 Å². The van der Waals surface area contributed by atoms with Crippen LogP contribution in [0.4, 0.5) is 0 Å². The maximum atomic E-state index is 5.59. The van der Waals surface area contributed by atoms with Crippen LogP contribution in [-0.2, 0) is 4.74 Å². The lowest BCUT2D eigenvalue weighted by atomic mass is 10.1. The molecule has 0 aromatic heterocycles. The largest absolute Gasteiger partial charge is 0.377 e. The molecule has 132 valence electrons. The Hall–Kier alpha value is -0.750. The number of hydrogen-bond donors (Lipinski definition) is 0. The van der Waals surface area contributed by atoms with Crippen LogP contribution >= 0.6 is 11.6 Å². The fourth-order valence-electron chi connectivity index (χ4n) is 2.05. The molecule has 0 aromatic rings. The zero-order valence-electron chi connectivity index (χ0n) is 14.9. The molecule has 0 aliphatic heterocycles. The predicted molar refractivity (Wildman–Crippen MR) is 104 cm³/mol. The van der Waals surface area contributed by atoms with Gasteiger partial charge in [-0.1, -0.05) is 56.9 Å². The van der Waals surface area contributed by atoms with Gasteiger partial charge < -0.3 is 4.74 Å². The van der Waals surface area contributed by atoms with Crippen LogP contribution in [0.15, 0.2) is 42.2 Å². The molecule has 23 heavy (non-hydrogen) atoms. The van der Waals surface area contributed by atoms with Gasteiger partial charge in [0.1, 0.15) is 0 Å². The van der Waals surface area contributed by atoms with Crippen molar-refractivity contribution in [3.05, 3.63) is 42.2 Å². The SMILES string of the molecule is CCCCCCC/C=C\C/C=C\COCCC=C=CCCCCl. The topological polar surface area (TPSA) is 9.23 Å². The Morgan fingerprint density at radius 1 is 0.826 bits per heavy atom. The second-order valence-corrected chi connectivity index (χ2v) is 6.03. The van der Waals surface area contributed by atoms with E-state index in [0.29, 0.717) is 6.61 Å². The molecule has 0 N–H and O–H groups in total. The third kappa shape index (κ3) is 21.2. The van der Waals surface area contributed by atoms with Gasteiger partial charge in [-0.05, 0) is 50.7 Å². The second kappa shape index (κ2) is 21.2. The molecule has 2 heteroatoms. The molecule has 0 unspecified atom stereocenters. The zero-order valence-corrected chi connectivity index (χ0v) is 15.7. The minimum absolute atomic E-state index is 0.703. The van der Waals surface area contributed by atoms with Gasteiger partial charge in [0, 0.05) is 5.88 Å². The lowest BCUT2D eigenvalue weighted by Gasteiger charge is -1.96. The summed E-state index contributed by atoms with van der Waals surface area (Å²) in [6, 6.07) is 0. The first-order valence-corrected chi connectivity index (χ1v) is 9.78. The van der Waals surface area contributed by atoms with E-state index in [-0.39, 0.29) is 0 Å². The minimum Gasteiger partial charge on any atom is -0.377 e. The van der Waals surface area contributed by atoms with Crippen LogP contribution in [-0.4, -0.2) is 19.1 Å². The average Bonchev–Trinajstić information content (AvgIpc) is 2.57. The molecule has 0 radical (unpaired) electrons.